The third-order valence-corrected chi connectivity index (χ3v) is 1.37. The van der Waals surface area contributed by atoms with Crippen LogP contribution < -0.4 is 0 Å². The molecule has 0 N–H and O–H groups in total. The van der Waals surface area contributed by atoms with Crippen molar-refractivity contribution in [2.24, 2.45) is 4.99 Å². The van der Waals surface area contributed by atoms with Gasteiger partial charge in [0.2, 0.25) is 0 Å². The minimum absolute atomic E-state index is 0.794. The standard InChI is InChI=1S/C7H5NS2/c9-5-8-6-2-1-3-7(10)4-6/h1-4,10H. The molecular weight excluding hydrogens is 162 g/mol. The first kappa shape index (κ1) is 7.48. The molecule has 1 nitrogen and oxygen atoms in total. The van der Waals surface area contributed by atoms with Crippen LogP contribution in [-0.4, -0.2) is 5.16 Å². The summed E-state index contributed by atoms with van der Waals surface area (Å²) in [5, 5.41) is 2.29. The Balaban J connectivity index is 3.06. The van der Waals surface area contributed by atoms with Crippen molar-refractivity contribution < 1.29 is 0 Å². The summed E-state index contributed by atoms with van der Waals surface area (Å²) in [4.78, 5) is 4.66. The van der Waals surface area contributed by atoms with Gasteiger partial charge in [0.25, 0.3) is 0 Å². The SMILES string of the molecule is S=C=Nc1cccc(S)c1. The Kier molecular flexibility index (Phi) is 2.63. The maximum Gasteiger partial charge on any atom is 0.0750 e. The van der Waals surface area contributed by atoms with Gasteiger partial charge in [0.05, 0.1) is 10.8 Å². The number of thiol groups is 1. The molecule has 0 radical (unpaired) electrons. The largest absolute Gasteiger partial charge is 0.195 e. The lowest BCUT2D eigenvalue weighted by Crippen LogP contribution is -1.63. The van der Waals surface area contributed by atoms with Crippen molar-refractivity contribution in [3.63, 3.8) is 0 Å². The van der Waals surface area contributed by atoms with E-state index in [1.165, 1.54) is 0 Å². The predicted octanol–water partition coefficient (Wildman–Crippen LogP) is 2.71. The number of benzene rings is 1. The van der Waals surface area contributed by atoms with Crippen LogP contribution in [0.5, 0.6) is 0 Å². The highest BCUT2D eigenvalue weighted by Crippen LogP contribution is 2.15. The molecule has 0 spiro atoms. The highest BCUT2D eigenvalue weighted by atomic mass is 32.1. The number of aliphatic imine (C=N–C) groups is 1. The fraction of sp³-hybridized carbons (Fsp3) is 0. The normalized spacial score (nSPS) is 8.50. The number of nitrogens with zero attached hydrogens (tertiary/aromatic N) is 1. The summed E-state index contributed by atoms with van der Waals surface area (Å²) in [5.74, 6) is 0. The van der Waals surface area contributed by atoms with E-state index in [0.29, 0.717) is 0 Å². The molecule has 0 saturated heterocycles. The zero-order valence-electron chi connectivity index (χ0n) is 5.11. The first-order chi connectivity index (χ1) is 4.83. The van der Waals surface area contributed by atoms with Crippen molar-refractivity contribution in [1.29, 1.82) is 0 Å². The van der Waals surface area contributed by atoms with Gasteiger partial charge in [-0.1, -0.05) is 6.07 Å². The molecule has 50 valence electrons. The summed E-state index contributed by atoms with van der Waals surface area (Å²) in [7, 11) is 0. The van der Waals surface area contributed by atoms with Crippen LogP contribution in [0.25, 0.3) is 0 Å². The molecule has 0 aliphatic carbocycles. The van der Waals surface area contributed by atoms with Gasteiger partial charge in [-0.05, 0) is 30.4 Å². The molecule has 10 heavy (non-hydrogen) atoms. The van der Waals surface area contributed by atoms with Crippen LogP contribution in [0, 0.1) is 0 Å². The zero-order chi connectivity index (χ0) is 7.40. The van der Waals surface area contributed by atoms with Crippen molar-refractivity contribution in [2.75, 3.05) is 0 Å². The molecule has 3 heteroatoms. The van der Waals surface area contributed by atoms with Gasteiger partial charge < -0.3 is 0 Å². The number of hydrogen-bond acceptors (Lipinski definition) is 3. The lowest BCUT2D eigenvalue weighted by Gasteiger charge is -1.90. The smallest absolute Gasteiger partial charge is 0.0750 e. The molecule has 0 aromatic heterocycles. The number of rotatable bonds is 1. The first-order valence-electron chi connectivity index (χ1n) is 2.70. The third kappa shape index (κ3) is 1.95. The highest BCUT2D eigenvalue weighted by Gasteiger charge is 1.86. The van der Waals surface area contributed by atoms with Crippen LogP contribution in [0.1, 0.15) is 0 Å². The van der Waals surface area contributed by atoms with E-state index in [9.17, 15) is 0 Å². The lowest BCUT2D eigenvalue weighted by molar-refractivity contribution is 1.43. The summed E-state index contributed by atoms with van der Waals surface area (Å²) in [6, 6.07) is 7.42. The van der Waals surface area contributed by atoms with E-state index in [2.05, 4.69) is 35.0 Å². The van der Waals surface area contributed by atoms with Gasteiger partial charge >= 0.3 is 0 Å². The monoisotopic (exact) mass is 167 g/mol. The quantitative estimate of drug-likeness (QED) is 0.385. The molecule has 1 rings (SSSR count). The van der Waals surface area contributed by atoms with Crippen LogP contribution in [0.4, 0.5) is 5.69 Å². The second-order valence-electron chi connectivity index (χ2n) is 1.72. The van der Waals surface area contributed by atoms with Crippen molar-refractivity contribution in [2.45, 2.75) is 4.90 Å². The molecule has 0 saturated carbocycles. The molecule has 1 aromatic rings. The van der Waals surface area contributed by atoms with Gasteiger partial charge in [-0.25, -0.2) is 0 Å². The lowest BCUT2D eigenvalue weighted by atomic mass is 10.3. The molecule has 0 aliphatic heterocycles. The molecule has 0 bridgehead atoms. The maximum absolute atomic E-state index is 4.44. The molecule has 1 aromatic carbocycles. The predicted molar refractivity (Wildman–Crippen MR) is 48.4 cm³/mol. The number of thiocarbonyl (C=S) groups is 1. The van der Waals surface area contributed by atoms with Gasteiger partial charge in [-0.2, -0.15) is 4.99 Å². The molecule has 0 fully saturated rings. The average molecular weight is 167 g/mol. The third-order valence-electron chi connectivity index (χ3n) is 1.00. The molecule has 0 unspecified atom stereocenters. The minimum Gasteiger partial charge on any atom is -0.195 e. The van der Waals surface area contributed by atoms with Crippen molar-refractivity contribution in [1.82, 2.24) is 0 Å². The molecule has 0 atom stereocenters. The Morgan fingerprint density at radius 2 is 2.30 bits per heavy atom. The Hall–Kier alpha value is -0.630. The van der Waals surface area contributed by atoms with Crippen LogP contribution in [0.3, 0.4) is 0 Å². The van der Waals surface area contributed by atoms with Crippen LogP contribution in [0.15, 0.2) is 34.2 Å². The van der Waals surface area contributed by atoms with Crippen LogP contribution in [0.2, 0.25) is 0 Å². The van der Waals surface area contributed by atoms with Crippen molar-refractivity contribution in [3.05, 3.63) is 24.3 Å². The fourth-order valence-electron chi connectivity index (χ4n) is 0.615. The van der Waals surface area contributed by atoms with E-state index in [1.54, 1.807) is 0 Å². The van der Waals surface area contributed by atoms with Crippen molar-refractivity contribution in [3.8, 4) is 0 Å². The summed E-state index contributed by atoms with van der Waals surface area (Å²) < 4.78 is 0. The second-order valence-corrected chi connectivity index (χ2v) is 2.42. The fourth-order valence-corrected chi connectivity index (χ4v) is 0.939. The Morgan fingerprint density at radius 3 is 2.90 bits per heavy atom. The summed E-state index contributed by atoms with van der Waals surface area (Å²) >= 11 is 8.56. The van der Waals surface area contributed by atoms with Gasteiger partial charge in [0.1, 0.15) is 0 Å². The van der Waals surface area contributed by atoms with Crippen LogP contribution >= 0.6 is 24.8 Å². The van der Waals surface area contributed by atoms with Gasteiger partial charge in [0, 0.05) is 4.90 Å². The van der Waals surface area contributed by atoms with E-state index in [0.717, 1.165) is 10.6 Å². The van der Waals surface area contributed by atoms with Gasteiger partial charge in [0.15, 0.2) is 0 Å². The Morgan fingerprint density at radius 1 is 1.50 bits per heavy atom. The van der Waals surface area contributed by atoms with Crippen molar-refractivity contribution >= 4 is 35.7 Å². The van der Waals surface area contributed by atoms with E-state index in [1.807, 2.05) is 24.3 Å². The van der Waals surface area contributed by atoms with E-state index < -0.39 is 0 Å². The molecular formula is C7H5NS2. The maximum atomic E-state index is 4.44. The number of isothiocyanates is 1. The Bertz CT molecular complexity index is 277. The topological polar surface area (TPSA) is 12.4 Å². The van der Waals surface area contributed by atoms with Crippen LogP contribution in [-0.2, 0) is 0 Å². The molecule has 0 amide bonds. The molecule has 0 heterocycles. The first-order valence-corrected chi connectivity index (χ1v) is 3.55. The average Bonchev–Trinajstić information content (AvgIpc) is 1.88. The Labute approximate surface area is 70.2 Å². The van der Waals surface area contributed by atoms with E-state index in [4.69, 9.17) is 0 Å². The summed E-state index contributed by atoms with van der Waals surface area (Å²) in [5.41, 5.74) is 0.794. The second kappa shape index (κ2) is 3.52. The zero-order valence-corrected chi connectivity index (χ0v) is 6.82. The van der Waals surface area contributed by atoms with E-state index >= 15 is 0 Å². The molecule has 0 aliphatic rings. The minimum atomic E-state index is 0.794. The van der Waals surface area contributed by atoms with E-state index in [-0.39, 0.29) is 0 Å². The summed E-state index contributed by atoms with van der Waals surface area (Å²) in [6.45, 7) is 0. The van der Waals surface area contributed by atoms with Gasteiger partial charge in [-0.15, -0.1) is 12.6 Å². The number of hydrogen-bond donors (Lipinski definition) is 1. The highest BCUT2D eigenvalue weighted by molar-refractivity contribution is 7.80. The van der Waals surface area contributed by atoms with Gasteiger partial charge in [-0.3, -0.25) is 0 Å². The summed E-state index contributed by atoms with van der Waals surface area (Å²) in [6.07, 6.45) is 0.